The van der Waals surface area contributed by atoms with E-state index in [0.29, 0.717) is 6.54 Å². The van der Waals surface area contributed by atoms with Crippen LogP contribution in [0, 0.1) is 16.0 Å². The van der Waals surface area contributed by atoms with E-state index in [2.05, 4.69) is 5.43 Å². The minimum absolute atomic E-state index is 0.0667. The summed E-state index contributed by atoms with van der Waals surface area (Å²) in [5.41, 5.74) is 3.13. The zero-order chi connectivity index (χ0) is 13.8. The highest BCUT2D eigenvalue weighted by molar-refractivity contribution is 5.79. The van der Waals surface area contributed by atoms with E-state index in [1.54, 1.807) is 12.1 Å². The Balaban J connectivity index is 2.08. The van der Waals surface area contributed by atoms with Gasteiger partial charge in [0.1, 0.15) is 0 Å². The standard InChI is InChI=1S/C12H16N4O3/c13-14-12(17)9-2-1-7-15(8-9)10-3-5-11(6-4-10)16(18)19/h3-6,9H,1-2,7-8,13H2,(H,14,17)/t9-/m0/s1. The largest absolute Gasteiger partial charge is 0.371 e. The molecule has 1 heterocycles. The van der Waals surface area contributed by atoms with Crippen LogP contribution in [0.15, 0.2) is 24.3 Å². The Morgan fingerprint density at radius 1 is 1.42 bits per heavy atom. The van der Waals surface area contributed by atoms with Gasteiger partial charge in [-0.1, -0.05) is 0 Å². The van der Waals surface area contributed by atoms with Crippen molar-refractivity contribution < 1.29 is 9.72 Å². The van der Waals surface area contributed by atoms with E-state index in [0.717, 1.165) is 25.1 Å². The number of non-ortho nitro benzene ring substituents is 1. The third kappa shape index (κ3) is 3.00. The van der Waals surface area contributed by atoms with Gasteiger partial charge in [-0.05, 0) is 25.0 Å². The van der Waals surface area contributed by atoms with Gasteiger partial charge in [-0.25, -0.2) is 5.84 Å². The molecule has 1 aliphatic heterocycles. The number of carbonyl (C=O) groups excluding carboxylic acids is 1. The molecule has 0 aromatic heterocycles. The zero-order valence-electron chi connectivity index (χ0n) is 10.4. The summed E-state index contributed by atoms with van der Waals surface area (Å²) in [7, 11) is 0. The van der Waals surface area contributed by atoms with Gasteiger partial charge in [0.2, 0.25) is 5.91 Å². The van der Waals surface area contributed by atoms with Crippen molar-refractivity contribution in [1.29, 1.82) is 0 Å². The van der Waals surface area contributed by atoms with Crippen LogP contribution in [0.3, 0.4) is 0 Å². The van der Waals surface area contributed by atoms with E-state index in [-0.39, 0.29) is 17.5 Å². The molecule has 0 radical (unpaired) electrons. The van der Waals surface area contributed by atoms with E-state index in [9.17, 15) is 14.9 Å². The average Bonchev–Trinajstić information content (AvgIpc) is 2.46. The van der Waals surface area contributed by atoms with E-state index in [4.69, 9.17) is 5.84 Å². The number of nitro benzene ring substituents is 1. The molecule has 19 heavy (non-hydrogen) atoms. The van der Waals surface area contributed by atoms with Gasteiger partial charge in [-0.15, -0.1) is 0 Å². The zero-order valence-corrected chi connectivity index (χ0v) is 10.4. The number of amides is 1. The molecule has 1 atom stereocenters. The van der Waals surface area contributed by atoms with Gasteiger partial charge in [0, 0.05) is 30.9 Å². The van der Waals surface area contributed by atoms with Crippen molar-refractivity contribution in [3.8, 4) is 0 Å². The number of carbonyl (C=O) groups is 1. The van der Waals surface area contributed by atoms with Gasteiger partial charge in [0.15, 0.2) is 0 Å². The highest BCUT2D eigenvalue weighted by Crippen LogP contribution is 2.25. The van der Waals surface area contributed by atoms with E-state index < -0.39 is 4.92 Å². The van der Waals surface area contributed by atoms with Gasteiger partial charge in [-0.3, -0.25) is 20.3 Å². The summed E-state index contributed by atoms with van der Waals surface area (Å²) in [5, 5.41) is 10.6. The second-order valence-electron chi connectivity index (χ2n) is 4.57. The van der Waals surface area contributed by atoms with Crippen molar-refractivity contribution in [1.82, 2.24) is 5.43 Å². The molecule has 1 amide bonds. The van der Waals surface area contributed by atoms with Gasteiger partial charge in [0.05, 0.1) is 10.8 Å². The lowest BCUT2D eigenvalue weighted by Gasteiger charge is -2.33. The second kappa shape index (κ2) is 5.66. The number of benzene rings is 1. The molecule has 1 saturated heterocycles. The number of anilines is 1. The van der Waals surface area contributed by atoms with Crippen LogP contribution < -0.4 is 16.2 Å². The highest BCUT2D eigenvalue weighted by atomic mass is 16.6. The number of piperidine rings is 1. The number of hydrazine groups is 1. The lowest BCUT2D eigenvalue weighted by atomic mass is 9.97. The van der Waals surface area contributed by atoms with Gasteiger partial charge < -0.3 is 4.90 Å². The number of hydrogen-bond acceptors (Lipinski definition) is 5. The molecule has 0 saturated carbocycles. The van der Waals surface area contributed by atoms with Crippen molar-refractivity contribution in [2.24, 2.45) is 11.8 Å². The first-order valence-electron chi connectivity index (χ1n) is 6.11. The Hall–Kier alpha value is -2.15. The van der Waals surface area contributed by atoms with Crippen molar-refractivity contribution in [2.45, 2.75) is 12.8 Å². The molecule has 0 unspecified atom stereocenters. The SMILES string of the molecule is NNC(=O)[C@H]1CCCN(c2ccc([N+](=O)[O-])cc2)C1. The van der Waals surface area contributed by atoms with Crippen molar-refractivity contribution >= 4 is 17.3 Å². The molecule has 102 valence electrons. The summed E-state index contributed by atoms with van der Waals surface area (Å²) in [5.74, 6) is 4.86. The molecule has 7 heteroatoms. The molecule has 0 bridgehead atoms. The molecule has 1 aliphatic rings. The second-order valence-corrected chi connectivity index (χ2v) is 4.57. The minimum atomic E-state index is -0.426. The van der Waals surface area contributed by atoms with Crippen LogP contribution in [0.4, 0.5) is 11.4 Å². The maximum absolute atomic E-state index is 11.5. The normalized spacial score (nSPS) is 19.0. The fourth-order valence-electron chi connectivity index (χ4n) is 2.33. The monoisotopic (exact) mass is 264 g/mol. The van der Waals surface area contributed by atoms with Crippen LogP contribution in [0.2, 0.25) is 0 Å². The van der Waals surface area contributed by atoms with Crippen LogP contribution in [-0.4, -0.2) is 23.9 Å². The van der Waals surface area contributed by atoms with Crippen molar-refractivity contribution in [2.75, 3.05) is 18.0 Å². The molecule has 1 aromatic carbocycles. The highest BCUT2D eigenvalue weighted by Gasteiger charge is 2.25. The third-order valence-corrected chi connectivity index (χ3v) is 3.36. The number of rotatable bonds is 3. The summed E-state index contributed by atoms with van der Waals surface area (Å²) in [6, 6.07) is 6.37. The first-order valence-corrected chi connectivity index (χ1v) is 6.11. The van der Waals surface area contributed by atoms with Crippen LogP contribution in [-0.2, 0) is 4.79 Å². The summed E-state index contributed by atoms with van der Waals surface area (Å²) in [6.45, 7) is 1.42. The average molecular weight is 264 g/mol. The number of nitro groups is 1. The predicted octanol–water partition coefficient (Wildman–Crippen LogP) is 0.801. The Morgan fingerprint density at radius 2 is 2.11 bits per heavy atom. The van der Waals surface area contributed by atoms with E-state index >= 15 is 0 Å². The molecule has 1 aromatic rings. The molecular formula is C12H16N4O3. The van der Waals surface area contributed by atoms with Gasteiger partial charge in [-0.2, -0.15) is 0 Å². The fourth-order valence-corrected chi connectivity index (χ4v) is 2.33. The van der Waals surface area contributed by atoms with E-state index in [1.807, 2.05) is 4.90 Å². The Bertz CT molecular complexity index is 474. The fraction of sp³-hybridized carbons (Fsp3) is 0.417. The third-order valence-electron chi connectivity index (χ3n) is 3.36. The summed E-state index contributed by atoms with van der Waals surface area (Å²) in [4.78, 5) is 23.8. The maximum atomic E-state index is 11.5. The Morgan fingerprint density at radius 3 is 2.68 bits per heavy atom. The quantitative estimate of drug-likeness (QED) is 0.364. The van der Waals surface area contributed by atoms with E-state index in [1.165, 1.54) is 12.1 Å². The van der Waals surface area contributed by atoms with Crippen molar-refractivity contribution in [3.05, 3.63) is 34.4 Å². The number of nitrogens with two attached hydrogens (primary N) is 1. The van der Waals surface area contributed by atoms with Gasteiger partial charge >= 0.3 is 0 Å². The summed E-state index contributed by atoms with van der Waals surface area (Å²) < 4.78 is 0. The lowest BCUT2D eigenvalue weighted by molar-refractivity contribution is -0.384. The molecule has 1 fully saturated rings. The molecule has 0 spiro atoms. The maximum Gasteiger partial charge on any atom is 0.269 e. The molecule has 0 aliphatic carbocycles. The van der Waals surface area contributed by atoms with Crippen LogP contribution >= 0.6 is 0 Å². The molecule has 3 N–H and O–H groups in total. The summed E-state index contributed by atoms with van der Waals surface area (Å²) in [6.07, 6.45) is 1.71. The first kappa shape index (κ1) is 13.3. The number of nitrogens with zero attached hydrogens (tertiary/aromatic N) is 2. The lowest BCUT2D eigenvalue weighted by Crippen LogP contribution is -2.45. The summed E-state index contributed by atoms with van der Waals surface area (Å²) >= 11 is 0. The minimum Gasteiger partial charge on any atom is -0.371 e. The smallest absolute Gasteiger partial charge is 0.269 e. The molecular weight excluding hydrogens is 248 g/mol. The number of nitrogens with one attached hydrogen (secondary N) is 1. The predicted molar refractivity (Wildman–Crippen MR) is 70.4 cm³/mol. The topological polar surface area (TPSA) is 102 Å². The first-order chi connectivity index (χ1) is 9.11. The van der Waals surface area contributed by atoms with Crippen molar-refractivity contribution in [3.63, 3.8) is 0 Å². The number of hydrogen-bond donors (Lipinski definition) is 2. The Labute approximate surface area is 110 Å². The van der Waals surface area contributed by atoms with Crippen LogP contribution in [0.5, 0.6) is 0 Å². The molecule has 2 rings (SSSR count). The molecule has 7 nitrogen and oxygen atoms in total. The van der Waals surface area contributed by atoms with Gasteiger partial charge in [0.25, 0.3) is 5.69 Å². The van der Waals surface area contributed by atoms with Crippen LogP contribution in [0.25, 0.3) is 0 Å². The Kier molecular flexibility index (Phi) is 3.96. The van der Waals surface area contributed by atoms with Crippen LogP contribution in [0.1, 0.15) is 12.8 Å².